The number of nitrogens with zero attached hydrogens (tertiary/aromatic N) is 1. The number of hydrogen-bond donors (Lipinski definition) is 1. The molecule has 1 N–H and O–H groups in total. The third-order valence-corrected chi connectivity index (χ3v) is 4.90. The van der Waals surface area contributed by atoms with E-state index in [4.69, 9.17) is 16.3 Å². The van der Waals surface area contributed by atoms with Gasteiger partial charge in [-0.2, -0.15) is 0 Å². The Balaban J connectivity index is 1.84. The number of nitro benzene ring substituents is 1. The van der Waals surface area contributed by atoms with Gasteiger partial charge in [0.15, 0.2) is 0 Å². The Labute approximate surface area is 122 Å². The number of rotatable bonds is 3. The molecule has 1 saturated heterocycles. The zero-order valence-corrected chi connectivity index (χ0v) is 12.2. The molecular weight excluding hydrogens is 280 g/mol. The van der Waals surface area contributed by atoms with Gasteiger partial charge < -0.3 is 10.1 Å². The molecule has 6 heteroatoms. The lowest BCUT2D eigenvalue weighted by atomic mass is 9.57. The van der Waals surface area contributed by atoms with Crippen LogP contribution < -0.4 is 5.32 Å². The van der Waals surface area contributed by atoms with Crippen molar-refractivity contribution in [2.45, 2.75) is 32.4 Å². The van der Waals surface area contributed by atoms with Gasteiger partial charge in [-0.05, 0) is 12.5 Å². The van der Waals surface area contributed by atoms with Crippen LogP contribution in [0.5, 0.6) is 0 Å². The molecule has 2 fully saturated rings. The Morgan fingerprint density at radius 1 is 1.50 bits per heavy atom. The van der Waals surface area contributed by atoms with Crippen LogP contribution in [0, 0.1) is 21.4 Å². The van der Waals surface area contributed by atoms with Crippen molar-refractivity contribution in [1.29, 1.82) is 0 Å². The third-order valence-electron chi connectivity index (χ3n) is 4.57. The summed E-state index contributed by atoms with van der Waals surface area (Å²) in [5.74, 6) is 0.459. The van der Waals surface area contributed by atoms with Crippen molar-refractivity contribution in [1.82, 2.24) is 0 Å². The van der Waals surface area contributed by atoms with Crippen molar-refractivity contribution < 1.29 is 9.66 Å². The molecular formula is C14H17ClN2O3. The second-order valence-corrected chi connectivity index (χ2v) is 6.52. The van der Waals surface area contributed by atoms with Crippen LogP contribution in [-0.4, -0.2) is 23.7 Å². The van der Waals surface area contributed by atoms with E-state index in [2.05, 4.69) is 19.2 Å². The fourth-order valence-electron chi connectivity index (χ4n) is 3.52. The molecule has 0 radical (unpaired) electrons. The number of ether oxygens (including phenoxy) is 1. The van der Waals surface area contributed by atoms with Crippen molar-refractivity contribution in [2.24, 2.45) is 11.3 Å². The first kappa shape index (κ1) is 13.6. The minimum Gasteiger partial charge on any atom is -0.380 e. The van der Waals surface area contributed by atoms with Crippen LogP contribution in [0.2, 0.25) is 5.02 Å². The molecule has 0 amide bonds. The lowest BCUT2D eigenvalue weighted by Gasteiger charge is -2.55. The van der Waals surface area contributed by atoms with Crippen LogP contribution in [0.15, 0.2) is 18.2 Å². The SMILES string of the molecule is CC1(C)C(Nc2cc([N+](=O)[O-])ccc2Cl)C2CCOC21. The zero-order chi connectivity index (χ0) is 14.5. The summed E-state index contributed by atoms with van der Waals surface area (Å²) in [7, 11) is 0. The number of anilines is 1. The van der Waals surface area contributed by atoms with Crippen LogP contribution in [0.1, 0.15) is 20.3 Å². The number of nitrogens with one attached hydrogen (secondary N) is 1. The average molecular weight is 297 g/mol. The van der Waals surface area contributed by atoms with E-state index in [1.54, 1.807) is 6.07 Å². The molecule has 2 aliphatic rings. The summed E-state index contributed by atoms with van der Waals surface area (Å²) in [6.07, 6.45) is 1.30. The van der Waals surface area contributed by atoms with Gasteiger partial charge in [0.1, 0.15) is 0 Å². The van der Waals surface area contributed by atoms with Crippen molar-refractivity contribution in [2.75, 3.05) is 11.9 Å². The maximum atomic E-state index is 10.9. The molecule has 3 unspecified atom stereocenters. The lowest BCUT2D eigenvalue weighted by molar-refractivity contribution is -0.384. The fraction of sp³-hybridized carbons (Fsp3) is 0.571. The predicted octanol–water partition coefficient (Wildman–Crippen LogP) is 3.47. The second-order valence-electron chi connectivity index (χ2n) is 6.11. The molecule has 1 aromatic carbocycles. The molecule has 108 valence electrons. The number of non-ortho nitro benzene ring substituents is 1. The van der Waals surface area contributed by atoms with Crippen molar-refractivity contribution in [3.8, 4) is 0 Å². The van der Waals surface area contributed by atoms with Crippen LogP contribution in [0.4, 0.5) is 11.4 Å². The molecule has 0 aromatic heterocycles. The smallest absolute Gasteiger partial charge is 0.271 e. The van der Waals surface area contributed by atoms with Crippen LogP contribution in [0.3, 0.4) is 0 Å². The molecule has 0 bridgehead atoms. The Morgan fingerprint density at radius 2 is 2.25 bits per heavy atom. The largest absolute Gasteiger partial charge is 0.380 e. The van der Waals surface area contributed by atoms with Gasteiger partial charge in [-0.25, -0.2) is 0 Å². The Kier molecular flexibility index (Phi) is 3.14. The first-order valence-corrected chi connectivity index (χ1v) is 7.11. The molecule has 0 spiro atoms. The van der Waals surface area contributed by atoms with Gasteiger partial charge >= 0.3 is 0 Å². The summed E-state index contributed by atoms with van der Waals surface area (Å²) in [5.41, 5.74) is 0.687. The maximum absolute atomic E-state index is 10.9. The summed E-state index contributed by atoms with van der Waals surface area (Å²) in [5, 5.41) is 14.8. The molecule has 20 heavy (non-hydrogen) atoms. The lowest BCUT2D eigenvalue weighted by Crippen LogP contribution is -2.63. The predicted molar refractivity (Wildman–Crippen MR) is 77.1 cm³/mol. The van der Waals surface area contributed by atoms with E-state index in [1.165, 1.54) is 12.1 Å². The van der Waals surface area contributed by atoms with Gasteiger partial charge in [-0.15, -0.1) is 0 Å². The molecule has 1 saturated carbocycles. The Bertz CT molecular complexity index is 561. The van der Waals surface area contributed by atoms with Gasteiger partial charge in [0.05, 0.1) is 21.7 Å². The van der Waals surface area contributed by atoms with E-state index < -0.39 is 4.92 Å². The number of benzene rings is 1. The number of hydrogen-bond acceptors (Lipinski definition) is 4. The highest BCUT2D eigenvalue weighted by Gasteiger charge is 2.59. The zero-order valence-electron chi connectivity index (χ0n) is 11.4. The summed E-state index contributed by atoms with van der Waals surface area (Å²) >= 11 is 6.15. The number of fused-ring (bicyclic) bond motifs is 1. The first-order valence-electron chi connectivity index (χ1n) is 6.73. The highest BCUT2D eigenvalue weighted by Crippen LogP contribution is 2.53. The number of nitro groups is 1. The second kappa shape index (κ2) is 4.60. The van der Waals surface area contributed by atoms with Gasteiger partial charge in [0, 0.05) is 36.1 Å². The standard InChI is InChI=1S/C14H17ClN2O3/c1-14(2)12(9-5-6-20-13(9)14)16-11-7-8(17(18)19)3-4-10(11)15/h3-4,7,9,12-13,16H,5-6H2,1-2H3. The highest BCUT2D eigenvalue weighted by atomic mass is 35.5. The molecule has 1 heterocycles. The van der Waals surface area contributed by atoms with E-state index in [1.807, 2.05) is 0 Å². The van der Waals surface area contributed by atoms with Gasteiger partial charge in [-0.1, -0.05) is 25.4 Å². The van der Waals surface area contributed by atoms with Crippen molar-refractivity contribution >= 4 is 23.0 Å². The normalized spacial score (nSPS) is 30.4. The fourth-order valence-corrected chi connectivity index (χ4v) is 3.69. The van der Waals surface area contributed by atoms with E-state index in [9.17, 15) is 10.1 Å². The highest BCUT2D eigenvalue weighted by molar-refractivity contribution is 6.33. The van der Waals surface area contributed by atoms with Crippen molar-refractivity contribution in [3.05, 3.63) is 33.3 Å². The minimum absolute atomic E-state index is 0.00904. The van der Waals surface area contributed by atoms with E-state index in [-0.39, 0.29) is 23.2 Å². The Hall–Kier alpha value is -1.33. The molecule has 3 atom stereocenters. The monoisotopic (exact) mass is 296 g/mol. The van der Waals surface area contributed by atoms with Crippen molar-refractivity contribution in [3.63, 3.8) is 0 Å². The van der Waals surface area contributed by atoms with E-state index >= 15 is 0 Å². The molecule has 1 aliphatic carbocycles. The van der Waals surface area contributed by atoms with Gasteiger partial charge in [-0.3, -0.25) is 10.1 Å². The average Bonchev–Trinajstić information content (AvgIpc) is 2.84. The van der Waals surface area contributed by atoms with Crippen LogP contribution >= 0.6 is 11.6 Å². The quantitative estimate of drug-likeness (QED) is 0.685. The minimum atomic E-state index is -0.408. The van der Waals surface area contributed by atoms with E-state index in [0.717, 1.165) is 13.0 Å². The van der Waals surface area contributed by atoms with Crippen LogP contribution in [0.25, 0.3) is 0 Å². The van der Waals surface area contributed by atoms with Crippen LogP contribution in [-0.2, 0) is 4.74 Å². The molecule has 1 aromatic rings. The summed E-state index contributed by atoms with van der Waals surface area (Å²) < 4.78 is 5.75. The molecule has 1 aliphatic heterocycles. The maximum Gasteiger partial charge on any atom is 0.271 e. The summed E-state index contributed by atoms with van der Waals surface area (Å²) in [6.45, 7) is 5.10. The summed E-state index contributed by atoms with van der Waals surface area (Å²) in [6, 6.07) is 4.72. The topological polar surface area (TPSA) is 64.4 Å². The first-order chi connectivity index (χ1) is 9.41. The van der Waals surface area contributed by atoms with Gasteiger partial charge in [0.25, 0.3) is 5.69 Å². The van der Waals surface area contributed by atoms with Gasteiger partial charge in [0.2, 0.25) is 0 Å². The molecule has 3 rings (SSSR count). The molecule has 5 nitrogen and oxygen atoms in total. The summed E-state index contributed by atoms with van der Waals surface area (Å²) in [4.78, 5) is 10.5. The third kappa shape index (κ3) is 1.96. The van der Waals surface area contributed by atoms with E-state index in [0.29, 0.717) is 16.6 Å². The number of halogens is 1. The Morgan fingerprint density at radius 3 is 2.95 bits per heavy atom.